The van der Waals surface area contributed by atoms with Gasteiger partial charge < -0.3 is 24.5 Å². The maximum atomic E-state index is 11.3. The summed E-state index contributed by atoms with van der Waals surface area (Å²) in [4.78, 5) is 24.2. The van der Waals surface area contributed by atoms with Gasteiger partial charge in [0.15, 0.2) is 0 Å². The first kappa shape index (κ1) is 17.8. The number of carboxylic acids is 1. The molecule has 0 bridgehead atoms. The zero-order chi connectivity index (χ0) is 20.0. The summed E-state index contributed by atoms with van der Waals surface area (Å²) in [6.45, 7) is 4.09. The molecule has 1 aliphatic heterocycles. The van der Waals surface area contributed by atoms with Crippen molar-refractivity contribution in [2.24, 2.45) is 0 Å². The van der Waals surface area contributed by atoms with Crippen LogP contribution in [0.2, 0.25) is 0 Å². The van der Waals surface area contributed by atoms with Crippen molar-refractivity contribution in [3.8, 4) is 11.4 Å². The molecule has 1 saturated heterocycles. The zero-order valence-corrected chi connectivity index (χ0v) is 16.3. The molecule has 0 amide bonds. The van der Waals surface area contributed by atoms with E-state index in [9.17, 15) is 9.90 Å². The molecule has 1 aliphatic rings. The lowest BCUT2D eigenvalue weighted by Gasteiger charge is -2.34. The summed E-state index contributed by atoms with van der Waals surface area (Å²) in [6, 6.07) is 14.2. The molecule has 7 heteroatoms. The maximum absolute atomic E-state index is 11.3. The van der Waals surface area contributed by atoms with Crippen LogP contribution in [0.1, 0.15) is 0 Å². The Bertz CT molecular complexity index is 1200. The van der Waals surface area contributed by atoms with E-state index >= 15 is 0 Å². The molecule has 5 rings (SSSR count). The predicted octanol–water partition coefficient (Wildman–Crippen LogP) is 3.02. The molecule has 0 aliphatic carbocycles. The molecular weight excluding hydrogens is 366 g/mol. The van der Waals surface area contributed by atoms with E-state index in [-0.39, 0.29) is 6.54 Å². The molecule has 2 aromatic heterocycles. The minimum Gasteiger partial charge on any atom is -0.480 e. The molecule has 1 fully saturated rings. The number of imidazole rings is 1. The molecule has 2 aromatic carbocycles. The summed E-state index contributed by atoms with van der Waals surface area (Å²) < 4.78 is 1.76. The van der Waals surface area contributed by atoms with Crippen LogP contribution >= 0.6 is 0 Å². The van der Waals surface area contributed by atoms with Gasteiger partial charge in [0, 0.05) is 54.5 Å². The molecule has 3 heterocycles. The number of carboxylic acid groups (broad SMARTS) is 1. The van der Waals surface area contributed by atoms with Crippen LogP contribution in [-0.4, -0.2) is 63.7 Å². The first-order valence-electron chi connectivity index (χ1n) is 9.82. The monoisotopic (exact) mass is 389 g/mol. The number of nitrogens with one attached hydrogen (secondary N) is 1. The van der Waals surface area contributed by atoms with Crippen LogP contribution in [-0.2, 0) is 11.3 Å². The van der Waals surface area contributed by atoms with Gasteiger partial charge in [-0.1, -0.05) is 18.2 Å². The van der Waals surface area contributed by atoms with Crippen LogP contribution in [0.3, 0.4) is 0 Å². The number of aromatic amines is 1. The molecule has 7 nitrogen and oxygen atoms in total. The van der Waals surface area contributed by atoms with Crippen molar-refractivity contribution >= 4 is 33.6 Å². The molecule has 0 spiro atoms. The number of fused-ring (bicyclic) bond motifs is 2. The minimum absolute atomic E-state index is 0.0751. The standard InChI is InChI=1S/C22H23N5O2/c1-25-8-10-26(11-9-25)15-6-7-18-19(12-15)24-22(23-18)17-13-27(14-21(28)29)20-5-3-2-4-16(17)20/h2-7,12-13H,8-11,14H2,1H3,(H,23,24)(H,28,29). The number of nitrogens with zero attached hydrogens (tertiary/aromatic N) is 4. The van der Waals surface area contributed by atoms with Crippen LogP contribution in [0.25, 0.3) is 33.3 Å². The molecule has 0 atom stereocenters. The lowest BCUT2D eigenvalue weighted by Crippen LogP contribution is -2.44. The van der Waals surface area contributed by atoms with Crippen molar-refractivity contribution in [2.45, 2.75) is 6.54 Å². The third-order valence-electron chi connectivity index (χ3n) is 5.68. The van der Waals surface area contributed by atoms with Crippen molar-refractivity contribution in [3.05, 3.63) is 48.7 Å². The summed E-state index contributed by atoms with van der Waals surface area (Å²) in [5.41, 5.74) is 4.91. The third kappa shape index (κ3) is 3.23. The number of aromatic nitrogens is 3. The first-order valence-corrected chi connectivity index (χ1v) is 9.82. The van der Waals surface area contributed by atoms with Crippen molar-refractivity contribution in [2.75, 3.05) is 38.1 Å². The van der Waals surface area contributed by atoms with E-state index in [1.807, 2.05) is 30.5 Å². The number of likely N-dealkylation sites (N-methyl/N-ethyl adjacent to an activating group) is 1. The average molecular weight is 389 g/mol. The normalized spacial score (nSPS) is 15.4. The van der Waals surface area contributed by atoms with Crippen LogP contribution in [0.4, 0.5) is 5.69 Å². The molecular formula is C22H23N5O2. The topological polar surface area (TPSA) is 77.4 Å². The number of para-hydroxylation sites is 1. The second-order valence-electron chi connectivity index (χ2n) is 7.66. The summed E-state index contributed by atoms with van der Waals surface area (Å²) in [6.07, 6.45) is 1.87. The lowest BCUT2D eigenvalue weighted by molar-refractivity contribution is -0.137. The Morgan fingerprint density at radius 3 is 2.72 bits per heavy atom. The quantitative estimate of drug-likeness (QED) is 0.561. The molecule has 4 aromatic rings. The van der Waals surface area contributed by atoms with Gasteiger partial charge in [0.1, 0.15) is 12.4 Å². The number of H-pyrrole nitrogens is 1. The molecule has 148 valence electrons. The van der Waals surface area contributed by atoms with Gasteiger partial charge in [-0.15, -0.1) is 0 Å². The van der Waals surface area contributed by atoms with E-state index in [2.05, 4.69) is 40.0 Å². The fraction of sp³-hybridized carbons (Fsp3) is 0.273. The molecule has 29 heavy (non-hydrogen) atoms. The van der Waals surface area contributed by atoms with Crippen molar-refractivity contribution < 1.29 is 9.90 Å². The van der Waals surface area contributed by atoms with Gasteiger partial charge in [-0.3, -0.25) is 4.79 Å². The summed E-state index contributed by atoms with van der Waals surface area (Å²) in [5, 5.41) is 10.2. The summed E-state index contributed by atoms with van der Waals surface area (Å²) in [5.74, 6) is -0.102. The second kappa shape index (κ2) is 6.93. The van der Waals surface area contributed by atoms with Crippen molar-refractivity contribution in [1.82, 2.24) is 19.4 Å². The fourth-order valence-electron chi connectivity index (χ4n) is 4.10. The van der Waals surface area contributed by atoms with Crippen LogP contribution < -0.4 is 4.90 Å². The highest BCUT2D eigenvalue weighted by atomic mass is 16.4. The van der Waals surface area contributed by atoms with Crippen molar-refractivity contribution in [1.29, 1.82) is 0 Å². The van der Waals surface area contributed by atoms with Gasteiger partial charge in [-0.05, 0) is 31.3 Å². The number of hydrogen-bond donors (Lipinski definition) is 2. The number of hydrogen-bond acceptors (Lipinski definition) is 4. The van der Waals surface area contributed by atoms with E-state index in [0.717, 1.165) is 59.5 Å². The van der Waals surface area contributed by atoms with E-state index in [4.69, 9.17) is 4.98 Å². The van der Waals surface area contributed by atoms with E-state index in [1.165, 1.54) is 5.69 Å². The highest BCUT2D eigenvalue weighted by Gasteiger charge is 2.17. The molecule has 2 N–H and O–H groups in total. The SMILES string of the molecule is CN1CCN(c2ccc3nc(-c4cn(CC(=O)O)c5ccccc45)[nH]c3c2)CC1. The van der Waals surface area contributed by atoms with Gasteiger partial charge in [0.05, 0.1) is 11.0 Å². The number of benzene rings is 2. The summed E-state index contributed by atoms with van der Waals surface area (Å²) in [7, 11) is 2.16. The lowest BCUT2D eigenvalue weighted by atomic mass is 10.2. The van der Waals surface area contributed by atoms with Crippen molar-refractivity contribution in [3.63, 3.8) is 0 Å². The van der Waals surface area contributed by atoms with Gasteiger partial charge >= 0.3 is 5.97 Å². The maximum Gasteiger partial charge on any atom is 0.323 e. The van der Waals surface area contributed by atoms with Crippen LogP contribution in [0, 0.1) is 0 Å². The third-order valence-corrected chi connectivity index (χ3v) is 5.68. The van der Waals surface area contributed by atoms with Gasteiger partial charge in [-0.25, -0.2) is 4.98 Å². The largest absolute Gasteiger partial charge is 0.480 e. The Morgan fingerprint density at radius 1 is 1.14 bits per heavy atom. The van der Waals surface area contributed by atoms with Gasteiger partial charge in [0.2, 0.25) is 0 Å². The average Bonchev–Trinajstić information content (AvgIpc) is 3.29. The number of aliphatic carboxylic acids is 1. The Morgan fingerprint density at radius 2 is 1.93 bits per heavy atom. The number of anilines is 1. The van der Waals surface area contributed by atoms with Crippen LogP contribution in [0.15, 0.2) is 48.7 Å². The Hall–Kier alpha value is -3.32. The Balaban J connectivity index is 1.55. The number of carbonyl (C=O) groups is 1. The Kier molecular flexibility index (Phi) is 4.24. The fourth-order valence-corrected chi connectivity index (χ4v) is 4.10. The van der Waals surface area contributed by atoms with Crippen LogP contribution in [0.5, 0.6) is 0 Å². The molecule has 0 radical (unpaired) electrons. The Labute approximate surface area is 168 Å². The minimum atomic E-state index is -0.862. The summed E-state index contributed by atoms with van der Waals surface area (Å²) >= 11 is 0. The zero-order valence-electron chi connectivity index (χ0n) is 16.3. The van der Waals surface area contributed by atoms with E-state index < -0.39 is 5.97 Å². The molecule has 0 unspecified atom stereocenters. The van der Waals surface area contributed by atoms with Gasteiger partial charge in [-0.2, -0.15) is 0 Å². The highest BCUT2D eigenvalue weighted by Crippen LogP contribution is 2.31. The van der Waals surface area contributed by atoms with Gasteiger partial charge in [0.25, 0.3) is 0 Å². The second-order valence-corrected chi connectivity index (χ2v) is 7.66. The van der Waals surface area contributed by atoms with E-state index in [1.54, 1.807) is 4.57 Å². The number of piperazine rings is 1. The molecule has 0 saturated carbocycles. The number of rotatable bonds is 4. The predicted molar refractivity (Wildman–Crippen MR) is 114 cm³/mol. The smallest absolute Gasteiger partial charge is 0.323 e. The first-order chi connectivity index (χ1) is 14.1. The highest BCUT2D eigenvalue weighted by molar-refractivity contribution is 5.96. The van der Waals surface area contributed by atoms with E-state index in [0.29, 0.717) is 0 Å².